The van der Waals surface area contributed by atoms with Crippen LogP contribution in [0.2, 0.25) is 0 Å². The number of ketones is 1. The fourth-order valence-electron chi connectivity index (χ4n) is 3.73. The first-order chi connectivity index (χ1) is 13.1. The molecule has 7 heteroatoms. The minimum Gasteiger partial charge on any atom is -0.351 e. The number of carbonyl (C=O) groups excluding carboxylic acids is 1. The molecule has 2 atom stereocenters. The third-order valence-electron chi connectivity index (χ3n) is 5.25. The number of benzene rings is 1. The van der Waals surface area contributed by atoms with Gasteiger partial charge < -0.3 is 5.32 Å². The Bertz CT molecular complexity index is 949. The zero-order valence-corrected chi connectivity index (χ0v) is 15.7. The molecule has 7 nitrogen and oxygen atoms in total. The van der Waals surface area contributed by atoms with E-state index in [1.807, 2.05) is 12.1 Å². The second-order valence-electron chi connectivity index (χ2n) is 7.28. The molecule has 3 aromatic rings. The van der Waals surface area contributed by atoms with E-state index < -0.39 is 0 Å². The number of aromatic nitrogens is 5. The van der Waals surface area contributed by atoms with Crippen molar-refractivity contribution < 1.29 is 4.79 Å². The van der Waals surface area contributed by atoms with Crippen molar-refractivity contribution in [3.8, 4) is 5.69 Å². The molecule has 1 aromatic carbocycles. The standard InChI is InChI=1S/C20H24N6O/c1-3-4-14-5-9-17(10-6-14)26-19-18(24-25-26)12-21-20(23-19)22-16-8-7-15(11-16)13(2)27/h5-6,9-10,12,15-16H,3-4,7-8,11H2,1-2H3,(H,21,22,23). The molecule has 2 unspecified atom stereocenters. The number of anilines is 1. The summed E-state index contributed by atoms with van der Waals surface area (Å²) in [4.78, 5) is 20.6. The maximum Gasteiger partial charge on any atom is 0.225 e. The number of carbonyl (C=O) groups is 1. The number of rotatable bonds is 6. The lowest BCUT2D eigenvalue weighted by molar-refractivity contribution is -0.120. The molecule has 0 amide bonds. The van der Waals surface area contributed by atoms with Gasteiger partial charge in [-0.3, -0.25) is 4.79 Å². The Hall–Kier alpha value is -2.83. The van der Waals surface area contributed by atoms with E-state index >= 15 is 0 Å². The zero-order valence-electron chi connectivity index (χ0n) is 15.7. The number of hydrogen-bond acceptors (Lipinski definition) is 6. The normalized spacial score (nSPS) is 19.5. The molecule has 0 aliphatic heterocycles. The SMILES string of the molecule is CCCc1ccc(-n2nnc3cnc(NC4CCC(C(C)=O)C4)nc32)cc1. The van der Waals surface area contributed by atoms with Crippen molar-refractivity contribution in [3.05, 3.63) is 36.0 Å². The fraction of sp³-hybridized carbons (Fsp3) is 0.450. The van der Waals surface area contributed by atoms with Gasteiger partial charge in [0.1, 0.15) is 5.78 Å². The third kappa shape index (κ3) is 3.67. The van der Waals surface area contributed by atoms with Crippen LogP contribution < -0.4 is 5.32 Å². The lowest BCUT2D eigenvalue weighted by Gasteiger charge is -2.12. The Kier molecular flexibility index (Phi) is 4.83. The summed E-state index contributed by atoms with van der Waals surface area (Å²) >= 11 is 0. The molecule has 0 saturated heterocycles. The highest BCUT2D eigenvalue weighted by Gasteiger charge is 2.28. The highest BCUT2D eigenvalue weighted by molar-refractivity contribution is 5.78. The maximum absolute atomic E-state index is 11.6. The monoisotopic (exact) mass is 364 g/mol. The lowest BCUT2D eigenvalue weighted by Crippen LogP contribution is -2.18. The van der Waals surface area contributed by atoms with E-state index in [4.69, 9.17) is 0 Å². The second-order valence-corrected chi connectivity index (χ2v) is 7.28. The van der Waals surface area contributed by atoms with Crippen LogP contribution in [0.25, 0.3) is 16.9 Å². The zero-order chi connectivity index (χ0) is 18.8. The molecule has 1 N–H and O–H groups in total. The minimum atomic E-state index is 0.153. The topological polar surface area (TPSA) is 85.6 Å². The minimum absolute atomic E-state index is 0.153. The third-order valence-corrected chi connectivity index (χ3v) is 5.25. The molecular weight excluding hydrogens is 340 g/mol. The van der Waals surface area contributed by atoms with Crippen LogP contribution >= 0.6 is 0 Å². The Morgan fingerprint density at radius 1 is 1.26 bits per heavy atom. The van der Waals surface area contributed by atoms with Gasteiger partial charge in [-0.2, -0.15) is 9.67 Å². The van der Waals surface area contributed by atoms with Crippen LogP contribution in [0.3, 0.4) is 0 Å². The van der Waals surface area contributed by atoms with Crippen LogP contribution in [0.1, 0.15) is 45.1 Å². The largest absolute Gasteiger partial charge is 0.351 e. The van der Waals surface area contributed by atoms with E-state index in [-0.39, 0.29) is 17.7 Å². The lowest BCUT2D eigenvalue weighted by atomic mass is 10.0. The van der Waals surface area contributed by atoms with Crippen LogP contribution in [0.4, 0.5) is 5.95 Å². The Morgan fingerprint density at radius 3 is 2.78 bits per heavy atom. The van der Waals surface area contributed by atoms with E-state index in [1.54, 1.807) is 17.8 Å². The fourth-order valence-corrected chi connectivity index (χ4v) is 3.73. The maximum atomic E-state index is 11.6. The molecule has 1 fully saturated rings. The van der Waals surface area contributed by atoms with Crippen LogP contribution in [-0.2, 0) is 11.2 Å². The van der Waals surface area contributed by atoms with Crippen LogP contribution in [0.15, 0.2) is 30.5 Å². The van der Waals surface area contributed by atoms with Crippen molar-refractivity contribution >= 4 is 22.9 Å². The van der Waals surface area contributed by atoms with Crippen molar-refractivity contribution in [1.82, 2.24) is 25.0 Å². The van der Waals surface area contributed by atoms with Crippen LogP contribution in [0, 0.1) is 5.92 Å². The second kappa shape index (κ2) is 7.42. The number of Topliss-reactive ketones (excluding diaryl/α,β-unsaturated/α-hetero) is 1. The van der Waals surface area contributed by atoms with E-state index in [1.165, 1.54) is 5.56 Å². The van der Waals surface area contributed by atoms with Crippen LogP contribution in [0.5, 0.6) is 0 Å². The molecule has 2 heterocycles. The summed E-state index contributed by atoms with van der Waals surface area (Å²) in [6.07, 6.45) is 6.61. The van der Waals surface area contributed by atoms with Gasteiger partial charge in [-0.25, -0.2) is 4.98 Å². The number of nitrogens with zero attached hydrogens (tertiary/aromatic N) is 5. The van der Waals surface area contributed by atoms with Gasteiger partial charge >= 0.3 is 0 Å². The first kappa shape index (κ1) is 17.6. The molecule has 27 heavy (non-hydrogen) atoms. The smallest absolute Gasteiger partial charge is 0.225 e. The summed E-state index contributed by atoms with van der Waals surface area (Å²) in [5.41, 5.74) is 3.58. The first-order valence-corrected chi connectivity index (χ1v) is 9.59. The predicted octanol–water partition coefficient (Wildman–Crippen LogP) is 3.33. The molecule has 1 aliphatic carbocycles. The molecular formula is C20H24N6O. The number of nitrogens with one attached hydrogen (secondary N) is 1. The van der Waals surface area contributed by atoms with Gasteiger partial charge in [0.25, 0.3) is 0 Å². The highest BCUT2D eigenvalue weighted by Crippen LogP contribution is 2.28. The van der Waals surface area contributed by atoms with E-state index in [0.717, 1.165) is 37.8 Å². The molecule has 2 aromatic heterocycles. The van der Waals surface area contributed by atoms with Gasteiger partial charge in [0.2, 0.25) is 5.95 Å². The highest BCUT2D eigenvalue weighted by atomic mass is 16.1. The Labute approximate surface area is 158 Å². The molecule has 0 spiro atoms. The van der Waals surface area contributed by atoms with Crippen LogP contribution in [-0.4, -0.2) is 36.8 Å². The molecule has 1 aliphatic rings. The predicted molar refractivity (Wildman–Crippen MR) is 104 cm³/mol. The number of aryl methyl sites for hydroxylation is 1. The molecule has 4 rings (SSSR count). The molecule has 0 radical (unpaired) electrons. The summed E-state index contributed by atoms with van der Waals surface area (Å²) in [6.45, 7) is 3.85. The van der Waals surface area contributed by atoms with Crippen molar-refractivity contribution in [2.24, 2.45) is 5.92 Å². The Balaban J connectivity index is 1.57. The van der Waals surface area contributed by atoms with Crippen molar-refractivity contribution in [2.45, 2.75) is 52.0 Å². The van der Waals surface area contributed by atoms with Gasteiger partial charge in [-0.1, -0.05) is 30.7 Å². The molecule has 140 valence electrons. The van der Waals surface area contributed by atoms with Gasteiger partial charge in [-0.15, -0.1) is 5.10 Å². The molecule has 1 saturated carbocycles. The van der Waals surface area contributed by atoms with Crippen molar-refractivity contribution in [1.29, 1.82) is 0 Å². The first-order valence-electron chi connectivity index (χ1n) is 9.59. The summed E-state index contributed by atoms with van der Waals surface area (Å²) < 4.78 is 1.74. The van der Waals surface area contributed by atoms with E-state index in [9.17, 15) is 4.79 Å². The van der Waals surface area contributed by atoms with Gasteiger partial charge in [0.15, 0.2) is 11.2 Å². The quantitative estimate of drug-likeness (QED) is 0.722. The summed E-state index contributed by atoms with van der Waals surface area (Å²) in [6, 6.07) is 8.56. The summed E-state index contributed by atoms with van der Waals surface area (Å²) in [7, 11) is 0. The van der Waals surface area contributed by atoms with Crippen molar-refractivity contribution in [2.75, 3.05) is 5.32 Å². The number of fused-ring (bicyclic) bond motifs is 1. The summed E-state index contributed by atoms with van der Waals surface area (Å²) in [5.74, 6) is 0.979. The average molecular weight is 364 g/mol. The van der Waals surface area contributed by atoms with Gasteiger partial charge in [0.05, 0.1) is 11.9 Å². The van der Waals surface area contributed by atoms with E-state index in [0.29, 0.717) is 17.1 Å². The van der Waals surface area contributed by atoms with Gasteiger partial charge in [0, 0.05) is 12.0 Å². The van der Waals surface area contributed by atoms with E-state index in [2.05, 4.69) is 44.7 Å². The number of hydrogen-bond donors (Lipinski definition) is 1. The summed E-state index contributed by atoms with van der Waals surface area (Å²) in [5, 5.41) is 11.8. The van der Waals surface area contributed by atoms with Crippen molar-refractivity contribution in [3.63, 3.8) is 0 Å². The molecule has 0 bridgehead atoms. The Morgan fingerprint density at radius 2 is 2.07 bits per heavy atom. The van der Waals surface area contributed by atoms with Gasteiger partial charge in [-0.05, 0) is 50.3 Å². The average Bonchev–Trinajstić information content (AvgIpc) is 3.30.